The van der Waals surface area contributed by atoms with Crippen LogP contribution in [0.1, 0.15) is 12.8 Å². The van der Waals surface area contributed by atoms with Gasteiger partial charge in [0, 0.05) is 23.5 Å². The molecule has 2 N–H and O–H groups in total. The predicted octanol–water partition coefficient (Wildman–Crippen LogP) is 3.50. The zero-order valence-electron chi connectivity index (χ0n) is 22.9. The van der Waals surface area contributed by atoms with Crippen molar-refractivity contribution in [1.29, 1.82) is 0 Å². The third-order valence-corrected chi connectivity index (χ3v) is 8.39. The minimum Gasteiger partial charge on any atom is -0.494 e. The van der Waals surface area contributed by atoms with Gasteiger partial charge in [-0.25, -0.2) is 4.98 Å². The molecule has 194 valence electrons. The van der Waals surface area contributed by atoms with Gasteiger partial charge in [0.15, 0.2) is 5.82 Å². The molecule has 13 heteroatoms. The summed E-state index contributed by atoms with van der Waals surface area (Å²) in [5, 5.41) is 5.64. The Morgan fingerprint density at radius 2 is 1.69 bits per heavy atom. The topological polar surface area (TPSA) is 65.5 Å². The van der Waals surface area contributed by atoms with Gasteiger partial charge in [0.25, 0.3) is 0 Å². The summed E-state index contributed by atoms with van der Waals surface area (Å²) in [6.07, 6.45) is 2.51. The summed E-state index contributed by atoms with van der Waals surface area (Å²) in [6, 6.07) is 13.6. The Balaban J connectivity index is 1.61. The van der Waals surface area contributed by atoms with E-state index in [9.17, 15) is 0 Å². The van der Waals surface area contributed by atoms with E-state index < -0.39 is 10.7 Å². The first-order valence-corrected chi connectivity index (χ1v) is 15.1. The molecule has 0 bridgehead atoms. The monoisotopic (exact) mass is 552 g/mol. The second-order valence-electron chi connectivity index (χ2n) is 10.3. The lowest BCUT2D eigenvalue weighted by Crippen LogP contribution is -2.70. The molecule has 1 aromatic heterocycles. The summed E-state index contributed by atoms with van der Waals surface area (Å²) in [5.41, 5.74) is 2.22. The van der Waals surface area contributed by atoms with Crippen molar-refractivity contribution < 1.29 is 4.74 Å². The van der Waals surface area contributed by atoms with E-state index in [4.69, 9.17) is 47.7 Å². The highest BCUT2D eigenvalue weighted by Gasteiger charge is 2.44. The third kappa shape index (κ3) is 6.53. The number of halogens is 1. The van der Waals surface area contributed by atoms with Gasteiger partial charge in [0.05, 0.1) is 50.4 Å². The van der Waals surface area contributed by atoms with Gasteiger partial charge in [-0.3, -0.25) is 0 Å². The maximum absolute atomic E-state index is 6.56. The van der Waals surface area contributed by atoms with Crippen molar-refractivity contribution in [3.05, 3.63) is 53.7 Å². The van der Waals surface area contributed by atoms with Crippen LogP contribution >= 0.6 is 19.5 Å². The maximum Gasteiger partial charge on any atom is 0.229 e. The van der Waals surface area contributed by atoms with Gasteiger partial charge < -0.3 is 25.2 Å². The summed E-state index contributed by atoms with van der Waals surface area (Å²) in [6.45, 7) is 4.40. The molecule has 0 unspecified atom stereocenters. The lowest BCUT2D eigenvalue weighted by molar-refractivity contribution is 0.216. The standard InChI is InChI=1S/C26H30B4ClN6OP/c1-36(2)17-13-25(27,28)37(26(29,30)14-17)16-10-11-19(21(12-16)38-3)34-24-32-15-18(31)23(35-24)33-20-8-6-7-9-22(20)39(4)5/h6-12,15,17H,13-14H2,1-5H3,(H2,32,33,34,35). The van der Waals surface area contributed by atoms with Crippen LogP contribution in [0.4, 0.5) is 28.8 Å². The molecule has 0 saturated carbocycles. The lowest BCUT2D eigenvalue weighted by atomic mass is 9.45. The van der Waals surface area contributed by atoms with Gasteiger partial charge >= 0.3 is 0 Å². The fourth-order valence-electron chi connectivity index (χ4n) is 4.90. The van der Waals surface area contributed by atoms with Gasteiger partial charge in [-0.05, 0) is 74.4 Å². The fraction of sp³-hybridized carbons (Fsp3) is 0.385. The molecule has 1 aliphatic heterocycles. The molecule has 0 aliphatic carbocycles. The van der Waals surface area contributed by atoms with Crippen molar-refractivity contribution in [3.8, 4) is 5.75 Å². The van der Waals surface area contributed by atoms with Crippen LogP contribution in [0.2, 0.25) is 5.02 Å². The zero-order valence-corrected chi connectivity index (χ0v) is 24.6. The number of piperidine rings is 1. The van der Waals surface area contributed by atoms with Crippen LogP contribution in [0, 0.1) is 0 Å². The van der Waals surface area contributed by atoms with E-state index in [0.29, 0.717) is 46.8 Å². The fourth-order valence-corrected chi connectivity index (χ4v) is 6.03. The van der Waals surface area contributed by atoms with Crippen LogP contribution in [0.5, 0.6) is 5.75 Å². The van der Waals surface area contributed by atoms with E-state index >= 15 is 0 Å². The number of aromatic nitrogens is 2. The second-order valence-corrected chi connectivity index (χ2v) is 13.0. The molecule has 0 atom stereocenters. The van der Waals surface area contributed by atoms with Gasteiger partial charge in [-0.1, -0.05) is 37.7 Å². The number of anilines is 5. The van der Waals surface area contributed by atoms with Gasteiger partial charge in [-0.15, -0.1) is 0 Å². The van der Waals surface area contributed by atoms with Crippen molar-refractivity contribution in [2.24, 2.45) is 0 Å². The van der Waals surface area contributed by atoms with Crippen LogP contribution < -0.4 is 25.6 Å². The molecule has 7 nitrogen and oxygen atoms in total. The molecule has 1 saturated heterocycles. The minimum atomic E-state index is -1.27. The summed E-state index contributed by atoms with van der Waals surface area (Å²) in [5.74, 6) is 1.34. The predicted molar refractivity (Wildman–Crippen MR) is 169 cm³/mol. The quantitative estimate of drug-likeness (QED) is 0.328. The Labute approximate surface area is 243 Å². The van der Waals surface area contributed by atoms with Gasteiger partial charge in [0.2, 0.25) is 5.95 Å². The molecule has 1 fully saturated rings. The number of methoxy groups -OCH3 is 1. The number of nitrogens with one attached hydrogen (secondary N) is 2. The third-order valence-electron chi connectivity index (χ3n) is 6.76. The van der Waals surface area contributed by atoms with Crippen LogP contribution in [-0.2, 0) is 0 Å². The smallest absolute Gasteiger partial charge is 0.229 e. The first-order valence-electron chi connectivity index (χ1n) is 12.5. The normalized spacial score (nSPS) is 16.9. The van der Waals surface area contributed by atoms with Crippen molar-refractivity contribution in [3.63, 3.8) is 0 Å². The van der Waals surface area contributed by atoms with E-state index in [1.165, 1.54) is 5.30 Å². The number of rotatable bonds is 8. The molecule has 3 aromatic rings. The molecule has 2 aromatic carbocycles. The largest absolute Gasteiger partial charge is 0.494 e. The number of nitrogens with zero attached hydrogens (tertiary/aromatic N) is 4. The number of benzene rings is 2. The van der Waals surface area contributed by atoms with Crippen LogP contribution in [0.15, 0.2) is 48.7 Å². The van der Waals surface area contributed by atoms with E-state index in [2.05, 4.69) is 40.0 Å². The highest BCUT2D eigenvalue weighted by molar-refractivity contribution is 7.64. The van der Waals surface area contributed by atoms with Crippen molar-refractivity contribution in [2.45, 2.75) is 29.6 Å². The Morgan fingerprint density at radius 1 is 1.03 bits per heavy atom. The Kier molecular flexibility index (Phi) is 8.85. The molecule has 4 rings (SSSR count). The summed E-state index contributed by atoms with van der Waals surface area (Å²) in [4.78, 5) is 12.7. The highest BCUT2D eigenvalue weighted by Crippen LogP contribution is 2.41. The number of hydrogen-bond donors (Lipinski definition) is 2. The summed E-state index contributed by atoms with van der Waals surface area (Å²) < 4.78 is 5.68. The van der Waals surface area contributed by atoms with Crippen LogP contribution in [-0.4, -0.2) is 97.5 Å². The maximum atomic E-state index is 6.56. The number of hydrogen-bond acceptors (Lipinski definition) is 7. The van der Waals surface area contributed by atoms with E-state index in [-0.39, 0.29) is 14.0 Å². The average molecular weight is 552 g/mol. The summed E-state index contributed by atoms with van der Waals surface area (Å²) in [7, 11) is 31.4. The van der Waals surface area contributed by atoms with Gasteiger partial charge in [-0.2, -0.15) is 4.98 Å². The van der Waals surface area contributed by atoms with Crippen molar-refractivity contribution in [1.82, 2.24) is 14.9 Å². The molecule has 0 spiro atoms. The molecule has 8 radical (unpaired) electrons. The first kappa shape index (κ1) is 29.6. The Morgan fingerprint density at radius 3 is 2.31 bits per heavy atom. The van der Waals surface area contributed by atoms with E-state index in [1.807, 2.05) is 49.3 Å². The zero-order chi connectivity index (χ0) is 28.5. The summed E-state index contributed by atoms with van der Waals surface area (Å²) >= 11 is 6.44. The molecular weight excluding hydrogens is 522 g/mol. The van der Waals surface area contributed by atoms with Crippen molar-refractivity contribution in [2.75, 3.05) is 50.1 Å². The highest BCUT2D eigenvalue weighted by atomic mass is 35.5. The Bertz CT molecular complexity index is 1310. The lowest BCUT2D eigenvalue weighted by Gasteiger charge is -2.60. The molecule has 2 heterocycles. The minimum absolute atomic E-state index is 0.0348. The average Bonchev–Trinajstić information content (AvgIpc) is 2.85. The molecule has 0 amide bonds. The van der Waals surface area contributed by atoms with Crippen LogP contribution in [0.3, 0.4) is 0 Å². The van der Waals surface area contributed by atoms with Gasteiger partial charge in [0.1, 0.15) is 10.8 Å². The van der Waals surface area contributed by atoms with E-state index in [0.717, 1.165) is 5.69 Å². The molecule has 1 aliphatic rings. The second kappa shape index (κ2) is 11.6. The molecular formula is C26H30B4ClN6OP. The van der Waals surface area contributed by atoms with Crippen molar-refractivity contribution >= 4 is 85.0 Å². The van der Waals surface area contributed by atoms with E-state index in [1.54, 1.807) is 24.3 Å². The van der Waals surface area contributed by atoms with Crippen LogP contribution in [0.25, 0.3) is 0 Å². The first-order chi connectivity index (χ1) is 18.3. The molecule has 39 heavy (non-hydrogen) atoms. The SMILES string of the molecule is [B]C1([B])CC(N(C)C)CC([B])([B])N1c1ccc(Nc2ncc(Cl)c(Nc3ccccc3P(C)C)n2)c(OC)c1. The number of ether oxygens (including phenoxy) is 1. The Hall–Kier alpha value is -2.34. The number of para-hydroxylation sites is 1.